The molecule has 2 heteroatoms. The molecule has 0 spiro atoms. The van der Waals surface area contributed by atoms with Gasteiger partial charge < -0.3 is 4.74 Å². The Morgan fingerprint density at radius 2 is 1.67 bits per heavy atom. The van der Waals surface area contributed by atoms with Crippen LogP contribution >= 0.6 is 0 Å². The van der Waals surface area contributed by atoms with E-state index in [1.807, 2.05) is 45.0 Å². The van der Waals surface area contributed by atoms with Gasteiger partial charge in [-0.15, -0.1) is 0 Å². The first kappa shape index (κ1) is 22.7. The minimum atomic E-state index is -0.402. The van der Waals surface area contributed by atoms with Crippen LogP contribution in [0.1, 0.15) is 70.1 Å². The second-order valence-corrected chi connectivity index (χ2v) is 7.48. The van der Waals surface area contributed by atoms with Crippen LogP contribution in [0.15, 0.2) is 61.2 Å². The van der Waals surface area contributed by atoms with Crippen LogP contribution in [0.4, 0.5) is 0 Å². The summed E-state index contributed by atoms with van der Waals surface area (Å²) in [5, 5.41) is 0. The van der Waals surface area contributed by atoms with Gasteiger partial charge in [0.1, 0.15) is 6.61 Å². The predicted molar refractivity (Wildman–Crippen MR) is 116 cm³/mol. The summed E-state index contributed by atoms with van der Waals surface area (Å²) in [6.45, 7) is 14.3. The number of ether oxygens (including phenoxy) is 1. The average molecular weight is 367 g/mol. The molecular weight excluding hydrogens is 332 g/mol. The first-order valence-electron chi connectivity index (χ1n) is 9.77. The van der Waals surface area contributed by atoms with Crippen molar-refractivity contribution < 1.29 is 9.53 Å². The van der Waals surface area contributed by atoms with E-state index in [0.29, 0.717) is 12.5 Å². The largest absolute Gasteiger partial charge is 0.460 e. The van der Waals surface area contributed by atoms with Crippen molar-refractivity contribution in [2.24, 2.45) is 5.41 Å². The molecule has 0 saturated heterocycles. The van der Waals surface area contributed by atoms with Gasteiger partial charge in [0.25, 0.3) is 0 Å². The lowest BCUT2D eigenvalue weighted by Crippen LogP contribution is -2.25. The Morgan fingerprint density at radius 3 is 2.15 bits per heavy atom. The van der Waals surface area contributed by atoms with Crippen molar-refractivity contribution in [1.29, 1.82) is 0 Å². The van der Waals surface area contributed by atoms with Gasteiger partial charge in [0.05, 0.1) is 5.41 Å². The molecular formula is C25H34O2. The van der Waals surface area contributed by atoms with Gasteiger partial charge >= 0.3 is 5.97 Å². The molecule has 27 heavy (non-hydrogen) atoms. The topological polar surface area (TPSA) is 26.3 Å². The summed E-state index contributed by atoms with van der Waals surface area (Å²) < 4.78 is 5.29. The molecule has 0 N–H and O–H groups in total. The molecule has 146 valence electrons. The molecule has 2 aromatic carbocycles. The molecule has 2 aromatic rings. The summed E-state index contributed by atoms with van der Waals surface area (Å²) in [6.07, 6.45) is 3.79. The van der Waals surface area contributed by atoms with E-state index < -0.39 is 5.41 Å². The van der Waals surface area contributed by atoms with Crippen LogP contribution in [0.3, 0.4) is 0 Å². The zero-order valence-electron chi connectivity index (χ0n) is 17.5. The first-order valence-corrected chi connectivity index (χ1v) is 9.77. The SMILES string of the molecule is C=Cc1ccc(COC(=O)C(C)(C)CC)cc1.CCC(C)c1ccccc1. The standard InChI is InChI=1S/C15H20O2.C10H14/c1-5-12-7-9-13(10-8-12)11-17-14(16)15(3,4)6-2;1-3-9(2)10-7-5-4-6-8-10/h5,7-10H,1,6,11H2,2-4H3;4-9H,3H2,1-2H3. The lowest BCUT2D eigenvalue weighted by molar-refractivity contribution is -0.155. The van der Waals surface area contributed by atoms with Crippen molar-refractivity contribution in [3.63, 3.8) is 0 Å². The summed E-state index contributed by atoms with van der Waals surface area (Å²) in [5.74, 6) is 0.564. The highest BCUT2D eigenvalue weighted by molar-refractivity contribution is 5.75. The maximum Gasteiger partial charge on any atom is 0.311 e. The molecule has 0 radical (unpaired) electrons. The molecule has 2 nitrogen and oxygen atoms in total. The van der Waals surface area contributed by atoms with Crippen LogP contribution in [0.2, 0.25) is 0 Å². The minimum Gasteiger partial charge on any atom is -0.460 e. The van der Waals surface area contributed by atoms with Crippen molar-refractivity contribution in [2.45, 2.75) is 60.0 Å². The highest BCUT2D eigenvalue weighted by Gasteiger charge is 2.26. The minimum absolute atomic E-state index is 0.146. The monoisotopic (exact) mass is 366 g/mol. The fraction of sp³-hybridized carbons (Fsp3) is 0.400. The zero-order valence-corrected chi connectivity index (χ0v) is 17.5. The molecule has 0 aromatic heterocycles. The third-order valence-corrected chi connectivity index (χ3v) is 5.00. The number of carbonyl (C=O) groups is 1. The number of hydrogen-bond acceptors (Lipinski definition) is 2. The molecule has 0 aliphatic carbocycles. The smallest absolute Gasteiger partial charge is 0.311 e. The quantitative estimate of drug-likeness (QED) is 0.493. The van der Waals surface area contributed by atoms with E-state index >= 15 is 0 Å². The van der Waals surface area contributed by atoms with Crippen molar-refractivity contribution in [1.82, 2.24) is 0 Å². The van der Waals surface area contributed by atoms with E-state index in [9.17, 15) is 4.79 Å². The summed E-state index contributed by atoms with van der Waals surface area (Å²) in [5.41, 5.74) is 3.11. The van der Waals surface area contributed by atoms with Crippen molar-refractivity contribution in [2.75, 3.05) is 0 Å². The van der Waals surface area contributed by atoms with Crippen LogP contribution in [0.25, 0.3) is 6.08 Å². The number of rotatable bonds is 7. The van der Waals surface area contributed by atoms with Crippen molar-refractivity contribution in [3.8, 4) is 0 Å². The molecule has 0 aliphatic heterocycles. The normalized spacial score (nSPS) is 11.7. The molecule has 0 bridgehead atoms. The van der Waals surface area contributed by atoms with E-state index in [2.05, 4.69) is 50.8 Å². The Kier molecular flexibility index (Phi) is 9.56. The lowest BCUT2D eigenvalue weighted by atomic mass is 9.91. The molecule has 0 saturated carbocycles. The molecule has 1 atom stereocenters. The third kappa shape index (κ3) is 7.82. The summed E-state index contributed by atoms with van der Waals surface area (Å²) in [4.78, 5) is 11.8. The molecule has 0 amide bonds. The Balaban J connectivity index is 0.000000309. The second-order valence-electron chi connectivity index (χ2n) is 7.48. The lowest BCUT2D eigenvalue weighted by Gasteiger charge is -2.20. The first-order chi connectivity index (χ1) is 12.8. The van der Waals surface area contributed by atoms with Crippen LogP contribution < -0.4 is 0 Å². The Labute approximate surface area is 165 Å². The van der Waals surface area contributed by atoms with Gasteiger partial charge in [-0.3, -0.25) is 4.79 Å². The van der Waals surface area contributed by atoms with Gasteiger partial charge in [0, 0.05) is 0 Å². The molecule has 0 aliphatic rings. The van der Waals surface area contributed by atoms with Gasteiger partial charge in [-0.1, -0.05) is 88.0 Å². The van der Waals surface area contributed by atoms with Crippen LogP contribution in [0.5, 0.6) is 0 Å². The summed E-state index contributed by atoms with van der Waals surface area (Å²) in [7, 11) is 0. The van der Waals surface area contributed by atoms with Gasteiger partial charge in [-0.2, -0.15) is 0 Å². The zero-order chi connectivity index (χ0) is 20.3. The van der Waals surface area contributed by atoms with E-state index in [1.165, 1.54) is 12.0 Å². The van der Waals surface area contributed by atoms with Gasteiger partial charge in [-0.25, -0.2) is 0 Å². The number of hydrogen-bond donors (Lipinski definition) is 0. The third-order valence-electron chi connectivity index (χ3n) is 5.00. The van der Waals surface area contributed by atoms with Gasteiger partial charge in [0.15, 0.2) is 0 Å². The average Bonchev–Trinajstić information content (AvgIpc) is 2.72. The highest BCUT2D eigenvalue weighted by Crippen LogP contribution is 2.22. The maximum absolute atomic E-state index is 11.8. The number of esters is 1. The molecule has 2 rings (SSSR count). The molecule has 1 unspecified atom stereocenters. The van der Waals surface area contributed by atoms with E-state index in [4.69, 9.17) is 4.74 Å². The van der Waals surface area contributed by atoms with Crippen LogP contribution in [-0.4, -0.2) is 5.97 Å². The molecule has 0 fully saturated rings. The fourth-order valence-electron chi connectivity index (χ4n) is 2.26. The Hall–Kier alpha value is -2.35. The number of carbonyl (C=O) groups excluding carboxylic acids is 1. The van der Waals surface area contributed by atoms with E-state index in [-0.39, 0.29) is 5.97 Å². The van der Waals surface area contributed by atoms with Crippen LogP contribution in [-0.2, 0) is 16.1 Å². The van der Waals surface area contributed by atoms with Crippen molar-refractivity contribution in [3.05, 3.63) is 77.9 Å². The van der Waals surface area contributed by atoms with Crippen molar-refractivity contribution >= 4 is 12.0 Å². The number of benzene rings is 2. The molecule has 0 heterocycles. The fourth-order valence-corrected chi connectivity index (χ4v) is 2.26. The van der Waals surface area contributed by atoms with Gasteiger partial charge in [-0.05, 0) is 49.3 Å². The highest BCUT2D eigenvalue weighted by atomic mass is 16.5. The predicted octanol–water partition coefficient (Wildman–Crippen LogP) is 7.01. The Bertz CT molecular complexity index is 684. The maximum atomic E-state index is 11.8. The Morgan fingerprint density at radius 1 is 1.07 bits per heavy atom. The van der Waals surface area contributed by atoms with Gasteiger partial charge in [0.2, 0.25) is 0 Å². The van der Waals surface area contributed by atoms with E-state index in [1.54, 1.807) is 6.08 Å². The van der Waals surface area contributed by atoms with E-state index in [0.717, 1.165) is 17.5 Å². The summed E-state index contributed by atoms with van der Waals surface area (Å²) in [6, 6.07) is 18.5. The van der Waals surface area contributed by atoms with Crippen LogP contribution in [0, 0.1) is 5.41 Å². The summed E-state index contributed by atoms with van der Waals surface area (Å²) >= 11 is 0. The second kappa shape index (κ2) is 11.4.